The number of pyridine rings is 1. The summed E-state index contributed by atoms with van der Waals surface area (Å²) in [6.07, 6.45) is 1.84. The number of ether oxygens (including phenoxy) is 2. The molecule has 1 aromatic carbocycles. The topological polar surface area (TPSA) is 67.8 Å². The molecule has 2 rings (SSSR count). The summed E-state index contributed by atoms with van der Waals surface area (Å²) in [5.74, 6) is 2.48. The van der Waals surface area contributed by atoms with Crippen molar-refractivity contribution in [3.8, 4) is 11.5 Å². The summed E-state index contributed by atoms with van der Waals surface area (Å²) in [7, 11) is 3.37. The van der Waals surface area contributed by atoms with Crippen LogP contribution in [0.2, 0.25) is 0 Å². The van der Waals surface area contributed by atoms with Crippen molar-refractivity contribution in [2.75, 3.05) is 20.8 Å². The van der Waals surface area contributed by atoms with E-state index >= 15 is 0 Å². The van der Waals surface area contributed by atoms with Crippen LogP contribution in [0.3, 0.4) is 0 Å². The minimum Gasteiger partial charge on any atom is -0.496 e. The maximum Gasteiger partial charge on any atom is 0.191 e. The van der Waals surface area contributed by atoms with Crippen molar-refractivity contribution in [2.24, 2.45) is 4.99 Å². The zero-order valence-corrected chi connectivity index (χ0v) is 19.9. The number of hydrogen-bond donors (Lipinski definition) is 2. The highest BCUT2D eigenvalue weighted by Gasteiger charge is 2.10. The van der Waals surface area contributed by atoms with Gasteiger partial charge in [-0.05, 0) is 39.3 Å². The van der Waals surface area contributed by atoms with Crippen LogP contribution in [0.15, 0.2) is 29.4 Å². The number of guanidine groups is 1. The molecule has 0 bridgehead atoms. The number of aromatic nitrogens is 1. The Labute approximate surface area is 185 Å². The molecule has 0 aliphatic rings. The first-order chi connectivity index (χ1) is 13.0. The van der Waals surface area contributed by atoms with E-state index in [4.69, 9.17) is 9.47 Å². The van der Waals surface area contributed by atoms with Crippen LogP contribution >= 0.6 is 24.0 Å². The fourth-order valence-electron chi connectivity index (χ4n) is 2.91. The third kappa shape index (κ3) is 6.25. The van der Waals surface area contributed by atoms with E-state index in [2.05, 4.69) is 32.7 Å². The van der Waals surface area contributed by atoms with E-state index in [0.29, 0.717) is 13.1 Å². The second kappa shape index (κ2) is 11.7. The fraction of sp³-hybridized carbons (Fsp3) is 0.429. The summed E-state index contributed by atoms with van der Waals surface area (Å²) in [5, 5.41) is 6.62. The Hall–Kier alpha value is -2.03. The maximum atomic E-state index is 5.48. The number of nitrogens with one attached hydrogen (secondary N) is 2. The first-order valence-electron chi connectivity index (χ1n) is 9.14. The minimum absolute atomic E-state index is 0. The van der Waals surface area contributed by atoms with Gasteiger partial charge in [-0.3, -0.25) is 4.98 Å². The van der Waals surface area contributed by atoms with E-state index in [1.54, 1.807) is 14.2 Å². The molecule has 154 valence electrons. The smallest absolute Gasteiger partial charge is 0.191 e. The number of methoxy groups -OCH3 is 2. The van der Waals surface area contributed by atoms with E-state index in [1.807, 2.05) is 40.0 Å². The molecule has 0 spiro atoms. The molecule has 7 heteroatoms. The normalized spacial score (nSPS) is 10.9. The van der Waals surface area contributed by atoms with Gasteiger partial charge in [-0.25, -0.2) is 4.99 Å². The number of benzene rings is 1. The molecule has 1 heterocycles. The zero-order valence-electron chi connectivity index (χ0n) is 17.5. The Morgan fingerprint density at radius 2 is 1.86 bits per heavy atom. The van der Waals surface area contributed by atoms with Crippen molar-refractivity contribution in [1.82, 2.24) is 15.6 Å². The third-order valence-corrected chi connectivity index (χ3v) is 4.37. The van der Waals surface area contributed by atoms with Crippen molar-refractivity contribution in [3.05, 3.63) is 52.3 Å². The number of halogens is 1. The number of hydrogen-bond acceptors (Lipinski definition) is 4. The van der Waals surface area contributed by atoms with Crippen molar-refractivity contribution in [3.63, 3.8) is 0 Å². The predicted octanol–water partition coefficient (Wildman–Crippen LogP) is 3.90. The Bertz CT molecular complexity index is 809. The molecule has 0 saturated heterocycles. The Morgan fingerprint density at radius 1 is 1.11 bits per heavy atom. The molecular weight excluding hydrogens is 467 g/mol. The van der Waals surface area contributed by atoms with Crippen LogP contribution in [0.1, 0.15) is 34.9 Å². The number of aryl methyl sites for hydroxylation is 2. The highest BCUT2D eigenvalue weighted by molar-refractivity contribution is 14.0. The molecule has 0 fully saturated rings. The predicted molar refractivity (Wildman–Crippen MR) is 125 cm³/mol. The molecule has 0 saturated carbocycles. The van der Waals surface area contributed by atoms with Gasteiger partial charge < -0.3 is 20.1 Å². The fourth-order valence-corrected chi connectivity index (χ4v) is 2.91. The number of rotatable bonds is 7. The van der Waals surface area contributed by atoms with Gasteiger partial charge in [0.1, 0.15) is 11.5 Å². The van der Waals surface area contributed by atoms with Gasteiger partial charge in [0.25, 0.3) is 0 Å². The Kier molecular flexibility index (Phi) is 10.1. The van der Waals surface area contributed by atoms with Gasteiger partial charge in [0.2, 0.25) is 0 Å². The summed E-state index contributed by atoms with van der Waals surface area (Å²) >= 11 is 0. The molecule has 1 aromatic heterocycles. The molecular formula is C21H31IN4O2. The third-order valence-electron chi connectivity index (χ3n) is 4.37. The largest absolute Gasteiger partial charge is 0.496 e. The molecule has 0 unspecified atom stereocenters. The first-order valence-corrected chi connectivity index (χ1v) is 9.14. The summed E-state index contributed by atoms with van der Waals surface area (Å²) in [6.45, 7) is 9.99. The zero-order chi connectivity index (χ0) is 19.8. The second-order valence-corrected chi connectivity index (χ2v) is 6.41. The molecule has 6 nitrogen and oxygen atoms in total. The lowest BCUT2D eigenvalue weighted by Gasteiger charge is -2.15. The van der Waals surface area contributed by atoms with Gasteiger partial charge in [-0.15, -0.1) is 24.0 Å². The van der Waals surface area contributed by atoms with E-state index in [9.17, 15) is 0 Å². The summed E-state index contributed by atoms with van der Waals surface area (Å²) < 4.78 is 10.9. The highest BCUT2D eigenvalue weighted by Crippen LogP contribution is 2.24. The van der Waals surface area contributed by atoms with Crippen LogP contribution in [-0.4, -0.2) is 31.7 Å². The molecule has 0 amide bonds. The summed E-state index contributed by atoms with van der Waals surface area (Å²) in [6, 6.07) is 6.15. The van der Waals surface area contributed by atoms with Gasteiger partial charge >= 0.3 is 0 Å². The highest BCUT2D eigenvalue weighted by atomic mass is 127. The van der Waals surface area contributed by atoms with Crippen molar-refractivity contribution in [2.45, 2.75) is 40.8 Å². The maximum absolute atomic E-state index is 5.48. The molecule has 0 aliphatic carbocycles. The Morgan fingerprint density at radius 3 is 2.50 bits per heavy atom. The van der Waals surface area contributed by atoms with E-state index in [0.717, 1.165) is 46.4 Å². The molecule has 0 atom stereocenters. The van der Waals surface area contributed by atoms with Crippen LogP contribution in [-0.2, 0) is 13.1 Å². The van der Waals surface area contributed by atoms with Gasteiger partial charge in [0.05, 0.1) is 33.0 Å². The van der Waals surface area contributed by atoms with Gasteiger partial charge in [0, 0.05) is 29.4 Å². The summed E-state index contributed by atoms with van der Waals surface area (Å²) in [4.78, 5) is 9.21. The molecule has 2 aromatic rings. The van der Waals surface area contributed by atoms with Gasteiger partial charge in [0.15, 0.2) is 5.96 Å². The number of aliphatic imine (C=N–C) groups is 1. The molecule has 0 radical (unpaired) electrons. The lowest BCUT2D eigenvalue weighted by Crippen LogP contribution is -2.37. The molecule has 0 aliphatic heterocycles. The standard InChI is InChI=1S/C21H30N4O2.HI/c1-7-22-21(24-12-17-9-8-14(2)10-19(17)26-5)25-13-18-16(4)20(27-6)15(3)11-23-18;/h8-11H,7,12-13H2,1-6H3,(H2,22,24,25);1H. The quantitative estimate of drug-likeness (QED) is 0.345. The average Bonchev–Trinajstić information content (AvgIpc) is 2.66. The summed E-state index contributed by atoms with van der Waals surface area (Å²) in [5.41, 5.74) is 5.23. The van der Waals surface area contributed by atoms with E-state index < -0.39 is 0 Å². The lowest BCUT2D eigenvalue weighted by molar-refractivity contribution is 0.406. The first kappa shape index (κ1) is 24.0. The molecule has 28 heavy (non-hydrogen) atoms. The van der Waals surface area contributed by atoms with E-state index in [-0.39, 0.29) is 24.0 Å². The minimum atomic E-state index is 0. The SMILES string of the molecule is CCNC(=NCc1ccc(C)cc1OC)NCc1ncc(C)c(OC)c1C.I. The lowest BCUT2D eigenvalue weighted by atomic mass is 10.1. The van der Waals surface area contributed by atoms with Crippen LogP contribution in [0.4, 0.5) is 0 Å². The Balaban J connectivity index is 0.00000392. The van der Waals surface area contributed by atoms with E-state index in [1.165, 1.54) is 5.56 Å². The number of nitrogens with zero attached hydrogens (tertiary/aromatic N) is 2. The van der Waals surface area contributed by atoms with Crippen LogP contribution < -0.4 is 20.1 Å². The van der Waals surface area contributed by atoms with Crippen molar-refractivity contribution in [1.29, 1.82) is 0 Å². The van der Waals surface area contributed by atoms with Crippen LogP contribution in [0.25, 0.3) is 0 Å². The van der Waals surface area contributed by atoms with Crippen LogP contribution in [0.5, 0.6) is 11.5 Å². The second-order valence-electron chi connectivity index (χ2n) is 6.41. The molecule has 2 N–H and O–H groups in total. The average molecular weight is 498 g/mol. The van der Waals surface area contributed by atoms with Crippen molar-refractivity contribution < 1.29 is 9.47 Å². The van der Waals surface area contributed by atoms with Crippen molar-refractivity contribution >= 4 is 29.9 Å². The van der Waals surface area contributed by atoms with Gasteiger partial charge in [-0.2, -0.15) is 0 Å². The monoisotopic (exact) mass is 498 g/mol. The van der Waals surface area contributed by atoms with Crippen LogP contribution in [0, 0.1) is 20.8 Å². The van der Waals surface area contributed by atoms with Gasteiger partial charge in [-0.1, -0.05) is 12.1 Å².